The van der Waals surface area contributed by atoms with E-state index in [-0.39, 0.29) is 43.1 Å². The van der Waals surface area contributed by atoms with Gasteiger partial charge in [0.05, 0.1) is 12.7 Å². The van der Waals surface area contributed by atoms with Crippen LogP contribution >= 0.6 is 0 Å². The molecule has 1 N–H and O–H groups in total. The van der Waals surface area contributed by atoms with Gasteiger partial charge in [0.25, 0.3) is 0 Å². The van der Waals surface area contributed by atoms with Crippen molar-refractivity contribution in [3.63, 3.8) is 0 Å². The van der Waals surface area contributed by atoms with Gasteiger partial charge in [-0.3, -0.25) is 14.2 Å². The molecule has 194 valence electrons. The largest absolute Gasteiger partial charge is 0.492 e. The zero-order valence-electron chi connectivity index (χ0n) is 21.0. The second-order valence-corrected chi connectivity index (χ2v) is 10.8. The van der Waals surface area contributed by atoms with E-state index in [4.69, 9.17) is 4.74 Å². The van der Waals surface area contributed by atoms with Crippen LogP contribution in [0.3, 0.4) is 0 Å². The summed E-state index contributed by atoms with van der Waals surface area (Å²) in [6.07, 6.45) is 0.626. The summed E-state index contributed by atoms with van der Waals surface area (Å²) in [4.78, 5) is 7.33. The van der Waals surface area contributed by atoms with E-state index in [1.54, 1.807) is 0 Å². The van der Waals surface area contributed by atoms with Crippen molar-refractivity contribution in [3.8, 4) is 5.75 Å². The molecule has 3 heterocycles. The van der Waals surface area contributed by atoms with Gasteiger partial charge in [-0.1, -0.05) is 18.2 Å². The van der Waals surface area contributed by atoms with Gasteiger partial charge >= 0.3 is 0 Å². The summed E-state index contributed by atoms with van der Waals surface area (Å²) in [7, 11) is 0. The molecule has 8 heteroatoms. The number of rotatable bonds is 8. The molecular formula is C28H33F4N3O. The van der Waals surface area contributed by atoms with Crippen molar-refractivity contribution in [2.75, 3.05) is 39.5 Å². The van der Waals surface area contributed by atoms with Gasteiger partial charge in [-0.25, -0.2) is 13.2 Å². The maximum atomic E-state index is 15.7. The molecule has 0 bridgehead atoms. The van der Waals surface area contributed by atoms with Gasteiger partial charge in [0.1, 0.15) is 29.7 Å². The monoisotopic (exact) mass is 503 g/mol. The van der Waals surface area contributed by atoms with E-state index < -0.39 is 23.3 Å². The van der Waals surface area contributed by atoms with E-state index in [0.717, 1.165) is 22.2 Å². The van der Waals surface area contributed by atoms with E-state index >= 15 is 8.78 Å². The molecule has 1 fully saturated rings. The zero-order chi connectivity index (χ0) is 25.6. The second kappa shape index (κ2) is 9.71. The number of H-pyrrole nitrogens is 1. The van der Waals surface area contributed by atoms with Crippen LogP contribution in [0.5, 0.6) is 5.75 Å². The van der Waals surface area contributed by atoms with E-state index in [9.17, 15) is 8.78 Å². The summed E-state index contributed by atoms with van der Waals surface area (Å²) < 4.78 is 64.5. The first-order valence-electron chi connectivity index (χ1n) is 12.6. The Hall–Kier alpha value is -2.58. The number of hydrogen-bond donors (Lipinski definition) is 1. The molecule has 2 atom stereocenters. The molecule has 1 aromatic heterocycles. The van der Waals surface area contributed by atoms with Crippen LogP contribution in [0.4, 0.5) is 17.6 Å². The van der Waals surface area contributed by atoms with Gasteiger partial charge < -0.3 is 9.72 Å². The van der Waals surface area contributed by atoms with Crippen LogP contribution in [0.2, 0.25) is 0 Å². The molecule has 0 unspecified atom stereocenters. The summed E-state index contributed by atoms with van der Waals surface area (Å²) >= 11 is 0. The van der Waals surface area contributed by atoms with E-state index in [1.807, 2.05) is 41.0 Å². The number of alkyl halides is 2. The van der Waals surface area contributed by atoms with E-state index in [1.165, 1.54) is 26.0 Å². The van der Waals surface area contributed by atoms with Gasteiger partial charge in [-0.2, -0.15) is 0 Å². The van der Waals surface area contributed by atoms with Crippen LogP contribution < -0.4 is 4.74 Å². The average molecular weight is 504 g/mol. The molecule has 36 heavy (non-hydrogen) atoms. The molecular weight excluding hydrogens is 470 g/mol. The minimum Gasteiger partial charge on any atom is -0.492 e. The SMILES string of the molecule is C[C@H]1Cc2[nH]c3ccccc3c2[C@H](c2c(F)cc(OCCN3CC(CF)C3)cc2F)N1CC(C)(C)F. The number of para-hydroxylation sites is 1. The fraction of sp³-hybridized carbons (Fsp3) is 0.500. The van der Waals surface area contributed by atoms with E-state index in [2.05, 4.69) is 4.98 Å². The summed E-state index contributed by atoms with van der Waals surface area (Å²) in [6, 6.07) is 9.19. The molecule has 0 amide bonds. The van der Waals surface area contributed by atoms with Crippen LogP contribution in [0.1, 0.15) is 43.6 Å². The highest BCUT2D eigenvalue weighted by Gasteiger charge is 2.41. The predicted octanol–water partition coefficient (Wildman–Crippen LogP) is 5.81. The Morgan fingerprint density at radius 2 is 1.78 bits per heavy atom. The minimum absolute atomic E-state index is 0.0324. The number of likely N-dealkylation sites (tertiary alicyclic amines) is 1. The van der Waals surface area contributed by atoms with Crippen LogP contribution in [0.15, 0.2) is 36.4 Å². The third-order valence-corrected chi connectivity index (χ3v) is 7.31. The molecule has 2 aromatic carbocycles. The number of fused-ring (bicyclic) bond motifs is 3. The lowest BCUT2D eigenvalue weighted by atomic mass is 9.86. The molecule has 2 aliphatic heterocycles. The van der Waals surface area contributed by atoms with Gasteiger partial charge in [0.15, 0.2) is 0 Å². The molecule has 4 nitrogen and oxygen atoms in total. The average Bonchev–Trinajstić information content (AvgIpc) is 3.13. The summed E-state index contributed by atoms with van der Waals surface area (Å²) in [5.41, 5.74) is 0.950. The Morgan fingerprint density at radius 3 is 2.44 bits per heavy atom. The lowest BCUT2D eigenvalue weighted by Crippen LogP contribution is -2.49. The van der Waals surface area contributed by atoms with E-state index in [0.29, 0.717) is 26.1 Å². The van der Waals surface area contributed by atoms with Crippen molar-refractivity contribution < 1.29 is 22.3 Å². The highest BCUT2D eigenvalue weighted by molar-refractivity contribution is 5.86. The Bertz CT molecular complexity index is 1210. The number of nitrogens with one attached hydrogen (secondary N) is 1. The van der Waals surface area contributed by atoms with Gasteiger partial charge in [-0.05, 0) is 26.8 Å². The van der Waals surface area contributed by atoms with Crippen molar-refractivity contribution in [2.24, 2.45) is 5.92 Å². The normalized spacial score (nSPS) is 21.5. The molecule has 5 rings (SSSR count). The lowest BCUT2D eigenvalue weighted by Gasteiger charge is -2.43. The summed E-state index contributed by atoms with van der Waals surface area (Å²) in [6.45, 7) is 6.81. The van der Waals surface area contributed by atoms with Crippen molar-refractivity contribution in [1.29, 1.82) is 0 Å². The minimum atomic E-state index is -1.55. The van der Waals surface area contributed by atoms with Crippen molar-refractivity contribution in [2.45, 2.75) is 44.9 Å². The number of aromatic nitrogens is 1. The van der Waals surface area contributed by atoms with Crippen molar-refractivity contribution in [1.82, 2.24) is 14.8 Å². The van der Waals surface area contributed by atoms with Gasteiger partial charge in [0, 0.05) is 84.4 Å². The third kappa shape index (κ3) is 4.85. The maximum Gasteiger partial charge on any atom is 0.134 e. The molecule has 0 saturated carbocycles. The van der Waals surface area contributed by atoms with Crippen LogP contribution in [-0.2, 0) is 6.42 Å². The first-order valence-corrected chi connectivity index (χ1v) is 12.6. The lowest BCUT2D eigenvalue weighted by molar-refractivity contribution is 0.0646. The van der Waals surface area contributed by atoms with Crippen LogP contribution in [0.25, 0.3) is 10.9 Å². The quantitative estimate of drug-likeness (QED) is 0.394. The first-order chi connectivity index (χ1) is 17.1. The number of aromatic amines is 1. The van der Waals surface area contributed by atoms with Crippen molar-refractivity contribution in [3.05, 3.63) is 64.9 Å². The van der Waals surface area contributed by atoms with Crippen molar-refractivity contribution >= 4 is 10.9 Å². The summed E-state index contributed by atoms with van der Waals surface area (Å²) in [5, 5.41) is 0.881. The Morgan fingerprint density at radius 1 is 1.08 bits per heavy atom. The summed E-state index contributed by atoms with van der Waals surface area (Å²) in [5.74, 6) is -1.26. The highest BCUT2D eigenvalue weighted by Crippen LogP contribution is 2.44. The second-order valence-electron chi connectivity index (χ2n) is 10.8. The number of benzene rings is 2. The number of halogens is 4. The molecule has 1 saturated heterocycles. The third-order valence-electron chi connectivity index (χ3n) is 7.31. The standard InChI is InChI=1S/C28H33F4N3O/c1-17-10-24-25(20-6-4-5-7-23(20)33-24)27(35(17)16-28(2,3)32)26-21(30)11-19(12-22(26)31)36-9-8-34-14-18(13-29)15-34/h4-7,11-12,17-18,27,33H,8-10,13-16H2,1-3H3/t17-,27+/m0/s1. The topological polar surface area (TPSA) is 31.5 Å². The highest BCUT2D eigenvalue weighted by atomic mass is 19.1. The number of nitrogens with zero attached hydrogens (tertiary/aromatic N) is 2. The number of ether oxygens (including phenoxy) is 1. The molecule has 0 radical (unpaired) electrons. The zero-order valence-corrected chi connectivity index (χ0v) is 21.0. The Kier molecular flexibility index (Phi) is 6.76. The molecule has 2 aliphatic rings. The molecule has 3 aromatic rings. The molecule has 0 aliphatic carbocycles. The smallest absolute Gasteiger partial charge is 0.134 e. The predicted molar refractivity (Wildman–Crippen MR) is 133 cm³/mol. The van der Waals surface area contributed by atoms with Crippen LogP contribution in [-0.4, -0.2) is 66.0 Å². The van der Waals surface area contributed by atoms with Gasteiger partial charge in [0.2, 0.25) is 0 Å². The Labute approximate surface area is 209 Å². The number of hydrogen-bond acceptors (Lipinski definition) is 3. The van der Waals surface area contributed by atoms with Gasteiger partial charge in [-0.15, -0.1) is 0 Å². The Balaban J connectivity index is 1.48. The fourth-order valence-electron chi connectivity index (χ4n) is 5.67. The first kappa shape index (κ1) is 25.1. The fourth-order valence-corrected chi connectivity index (χ4v) is 5.67. The molecule has 0 spiro atoms. The van der Waals surface area contributed by atoms with Crippen LogP contribution in [0, 0.1) is 17.6 Å². The maximum absolute atomic E-state index is 15.7.